The lowest BCUT2D eigenvalue weighted by Gasteiger charge is -2.13. The van der Waals surface area contributed by atoms with Gasteiger partial charge in [-0.2, -0.15) is 0 Å². The zero-order chi connectivity index (χ0) is 13.7. The Bertz CT molecular complexity index is 549. The molecule has 0 aromatic heterocycles. The summed E-state index contributed by atoms with van der Waals surface area (Å²) in [7, 11) is 0. The lowest BCUT2D eigenvalue weighted by atomic mass is 9.97. The first kappa shape index (κ1) is 14.3. The van der Waals surface area contributed by atoms with Crippen molar-refractivity contribution >= 4 is 15.9 Å². The molecule has 0 saturated heterocycles. The Hall–Kier alpha value is -1.12. The van der Waals surface area contributed by atoms with Gasteiger partial charge in [0, 0.05) is 11.0 Å². The van der Waals surface area contributed by atoms with Crippen LogP contribution in [0.25, 0.3) is 11.1 Å². The maximum atomic E-state index is 3.65. The number of aryl methyl sites for hydroxylation is 1. The van der Waals surface area contributed by atoms with Gasteiger partial charge in [0.15, 0.2) is 0 Å². The third-order valence-electron chi connectivity index (χ3n) is 3.17. The summed E-state index contributed by atoms with van der Waals surface area (Å²) in [4.78, 5) is 0. The number of halogens is 1. The van der Waals surface area contributed by atoms with E-state index < -0.39 is 0 Å². The lowest BCUT2D eigenvalue weighted by molar-refractivity contribution is 0.676. The van der Waals surface area contributed by atoms with E-state index in [1.807, 2.05) is 0 Å². The molecule has 2 heteroatoms. The monoisotopic (exact) mass is 317 g/mol. The highest BCUT2D eigenvalue weighted by atomic mass is 79.9. The van der Waals surface area contributed by atoms with Gasteiger partial charge < -0.3 is 5.32 Å². The summed E-state index contributed by atoms with van der Waals surface area (Å²) >= 11 is 3.65. The van der Waals surface area contributed by atoms with Crippen molar-refractivity contribution in [1.29, 1.82) is 0 Å². The van der Waals surface area contributed by atoms with Crippen molar-refractivity contribution < 1.29 is 0 Å². The van der Waals surface area contributed by atoms with Crippen LogP contribution in [0.5, 0.6) is 0 Å². The van der Waals surface area contributed by atoms with Gasteiger partial charge in [-0.3, -0.25) is 0 Å². The summed E-state index contributed by atoms with van der Waals surface area (Å²) in [6.07, 6.45) is 1.16. The Labute approximate surface area is 124 Å². The summed E-state index contributed by atoms with van der Waals surface area (Å²) in [6, 6.07) is 15.1. The quantitative estimate of drug-likeness (QED) is 0.771. The van der Waals surface area contributed by atoms with Crippen LogP contribution >= 0.6 is 15.9 Å². The third-order valence-corrected chi connectivity index (χ3v) is 3.86. The molecule has 100 valence electrons. The van der Waals surface area contributed by atoms with Crippen molar-refractivity contribution in [3.63, 3.8) is 0 Å². The van der Waals surface area contributed by atoms with Gasteiger partial charge in [-0.25, -0.2) is 0 Å². The molecule has 0 fully saturated rings. The molecule has 2 aromatic carbocycles. The number of hydrogen-bond acceptors (Lipinski definition) is 1. The molecule has 0 spiro atoms. The molecule has 1 N–H and O–H groups in total. The van der Waals surface area contributed by atoms with E-state index in [0.29, 0.717) is 0 Å². The molecule has 0 aliphatic rings. The Morgan fingerprint density at radius 1 is 1.05 bits per heavy atom. The highest BCUT2D eigenvalue weighted by Gasteiger charge is 2.08. The molecule has 2 aromatic rings. The van der Waals surface area contributed by atoms with Crippen LogP contribution in [0.2, 0.25) is 0 Å². The molecule has 0 saturated carbocycles. The Kier molecular flexibility index (Phi) is 5.17. The predicted octanol–water partition coefficient (Wildman–Crippen LogP) is 4.92. The normalized spacial score (nSPS) is 10.7. The Morgan fingerprint density at radius 2 is 1.84 bits per heavy atom. The van der Waals surface area contributed by atoms with E-state index in [4.69, 9.17) is 0 Å². The van der Waals surface area contributed by atoms with E-state index >= 15 is 0 Å². The van der Waals surface area contributed by atoms with Crippen LogP contribution in [0.4, 0.5) is 0 Å². The summed E-state index contributed by atoms with van der Waals surface area (Å²) in [5.41, 5.74) is 5.23. The fraction of sp³-hybridized carbons (Fsp3) is 0.294. The van der Waals surface area contributed by atoms with Crippen LogP contribution < -0.4 is 5.32 Å². The number of rotatable bonds is 5. The number of benzene rings is 2. The molecule has 0 bridgehead atoms. The Morgan fingerprint density at radius 3 is 2.58 bits per heavy atom. The summed E-state index contributed by atoms with van der Waals surface area (Å²) in [6.45, 7) is 6.31. The van der Waals surface area contributed by atoms with Crippen molar-refractivity contribution in [1.82, 2.24) is 5.32 Å². The molecule has 0 aliphatic carbocycles. The zero-order valence-corrected chi connectivity index (χ0v) is 13.1. The van der Waals surface area contributed by atoms with E-state index in [0.717, 1.165) is 24.0 Å². The van der Waals surface area contributed by atoms with Gasteiger partial charge in [0.2, 0.25) is 0 Å². The van der Waals surface area contributed by atoms with Crippen LogP contribution in [0, 0.1) is 6.92 Å². The first-order chi connectivity index (χ1) is 9.22. The summed E-state index contributed by atoms with van der Waals surface area (Å²) in [5, 5.41) is 3.49. The maximum absolute atomic E-state index is 3.65. The van der Waals surface area contributed by atoms with Crippen LogP contribution in [0.15, 0.2) is 46.9 Å². The zero-order valence-electron chi connectivity index (χ0n) is 11.5. The third kappa shape index (κ3) is 3.68. The van der Waals surface area contributed by atoms with Crippen molar-refractivity contribution in [3.05, 3.63) is 58.1 Å². The molecular formula is C17H20BrN. The molecule has 0 aliphatic heterocycles. The highest BCUT2D eigenvalue weighted by Crippen LogP contribution is 2.31. The summed E-state index contributed by atoms with van der Waals surface area (Å²) < 4.78 is 1.15. The molecule has 1 nitrogen and oxygen atoms in total. The SMILES string of the molecule is CCCNCc1ccc(C)cc1-c1ccccc1Br. The average molecular weight is 318 g/mol. The smallest absolute Gasteiger partial charge is 0.0253 e. The van der Waals surface area contributed by atoms with Gasteiger partial charge in [-0.15, -0.1) is 0 Å². The van der Waals surface area contributed by atoms with Crippen LogP contribution in [-0.4, -0.2) is 6.54 Å². The molecule has 0 atom stereocenters. The standard InChI is InChI=1S/C17H20BrN/c1-3-10-19-12-14-9-8-13(2)11-16(14)15-6-4-5-7-17(15)18/h4-9,11,19H,3,10,12H2,1-2H3. The van der Waals surface area contributed by atoms with E-state index in [1.165, 1.54) is 22.3 Å². The minimum Gasteiger partial charge on any atom is -0.313 e. The largest absolute Gasteiger partial charge is 0.313 e. The van der Waals surface area contributed by atoms with Gasteiger partial charge in [0.1, 0.15) is 0 Å². The molecule has 0 radical (unpaired) electrons. The molecule has 19 heavy (non-hydrogen) atoms. The molecule has 2 rings (SSSR count). The second-order valence-electron chi connectivity index (χ2n) is 4.82. The topological polar surface area (TPSA) is 12.0 Å². The van der Waals surface area contributed by atoms with Gasteiger partial charge >= 0.3 is 0 Å². The molecule has 0 unspecified atom stereocenters. The van der Waals surface area contributed by atoms with Gasteiger partial charge in [0.05, 0.1) is 0 Å². The van der Waals surface area contributed by atoms with Gasteiger partial charge in [0.25, 0.3) is 0 Å². The van der Waals surface area contributed by atoms with E-state index in [9.17, 15) is 0 Å². The average Bonchev–Trinajstić information content (AvgIpc) is 2.41. The maximum Gasteiger partial charge on any atom is 0.0253 e. The second-order valence-corrected chi connectivity index (χ2v) is 5.67. The predicted molar refractivity (Wildman–Crippen MR) is 86.3 cm³/mol. The fourth-order valence-electron chi connectivity index (χ4n) is 2.17. The van der Waals surface area contributed by atoms with Crippen molar-refractivity contribution in [2.24, 2.45) is 0 Å². The van der Waals surface area contributed by atoms with Crippen LogP contribution in [-0.2, 0) is 6.54 Å². The van der Waals surface area contributed by atoms with Crippen molar-refractivity contribution in [2.45, 2.75) is 26.8 Å². The van der Waals surface area contributed by atoms with Crippen LogP contribution in [0.1, 0.15) is 24.5 Å². The Balaban J connectivity index is 2.37. The van der Waals surface area contributed by atoms with E-state index in [1.54, 1.807) is 0 Å². The number of hydrogen-bond donors (Lipinski definition) is 1. The minimum atomic E-state index is 0.921. The van der Waals surface area contributed by atoms with E-state index in [-0.39, 0.29) is 0 Å². The van der Waals surface area contributed by atoms with Crippen molar-refractivity contribution in [2.75, 3.05) is 6.54 Å². The number of nitrogens with one attached hydrogen (secondary N) is 1. The van der Waals surface area contributed by atoms with Gasteiger partial charge in [-0.05, 0) is 42.6 Å². The minimum absolute atomic E-state index is 0.921. The van der Waals surface area contributed by atoms with Crippen LogP contribution in [0.3, 0.4) is 0 Å². The lowest BCUT2D eigenvalue weighted by Crippen LogP contribution is -2.14. The summed E-state index contributed by atoms with van der Waals surface area (Å²) in [5.74, 6) is 0. The first-order valence-corrected chi connectivity index (χ1v) is 7.57. The van der Waals surface area contributed by atoms with Crippen molar-refractivity contribution in [3.8, 4) is 11.1 Å². The van der Waals surface area contributed by atoms with Gasteiger partial charge in [-0.1, -0.05) is 64.8 Å². The second kappa shape index (κ2) is 6.88. The molecule has 0 amide bonds. The first-order valence-electron chi connectivity index (χ1n) is 6.77. The molecule has 0 heterocycles. The molecular weight excluding hydrogens is 298 g/mol. The fourth-order valence-corrected chi connectivity index (χ4v) is 2.67. The van der Waals surface area contributed by atoms with E-state index in [2.05, 4.69) is 77.6 Å². The highest BCUT2D eigenvalue weighted by molar-refractivity contribution is 9.10.